The van der Waals surface area contributed by atoms with Crippen molar-refractivity contribution < 1.29 is 8.42 Å². The van der Waals surface area contributed by atoms with Crippen LogP contribution in [0.25, 0.3) is 0 Å². The van der Waals surface area contributed by atoms with Crippen molar-refractivity contribution in [1.29, 1.82) is 0 Å². The average Bonchev–Trinajstić information content (AvgIpc) is 2.40. The van der Waals surface area contributed by atoms with Crippen LogP contribution < -0.4 is 10.0 Å². The molecule has 7 heteroatoms. The summed E-state index contributed by atoms with van der Waals surface area (Å²) in [5.41, 5.74) is 0.986. The monoisotopic (exact) mass is 278 g/mol. The van der Waals surface area contributed by atoms with E-state index in [0.29, 0.717) is 17.9 Å². The highest BCUT2D eigenvalue weighted by atomic mass is 32.2. The lowest BCUT2D eigenvalue weighted by Crippen LogP contribution is -2.15. The van der Waals surface area contributed by atoms with Crippen LogP contribution in [0.5, 0.6) is 0 Å². The van der Waals surface area contributed by atoms with Gasteiger partial charge in [-0.1, -0.05) is 0 Å². The number of nitrogens with zero attached hydrogens (tertiary/aromatic N) is 2. The Kier molecular flexibility index (Phi) is 3.96. The maximum atomic E-state index is 12.3. The lowest BCUT2D eigenvalue weighted by molar-refractivity contribution is 0.601. The quantitative estimate of drug-likeness (QED) is 0.869. The summed E-state index contributed by atoms with van der Waals surface area (Å²) in [6, 6.07) is 4.80. The second-order valence-electron chi connectivity index (χ2n) is 3.74. The standard InChI is InChI=1S/C12H14N4O2S/c1-2-15-11-5-8-14-9-12(11)19(17,18)16-10-3-6-13-7-4-10/h3-9H,2H2,1H3,(H,13,16)(H,14,15). The number of rotatable bonds is 5. The zero-order valence-corrected chi connectivity index (χ0v) is 11.2. The van der Waals surface area contributed by atoms with Crippen molar-refractivity contribution in [1.82, 2.24) is 9.97 Å². The topological polar surface area (TPSA) is 84.0 Å². The molecule has 0 bridgehead atoms. The molecule has 0 radical (unpaired) electrons. The van der Waals surface area contributed by atoms with Gasteiger partial charge < -0.3 is 5.32 Å². The number of anilines is 2. The van der Waals surface area contributed by atoms with Crippen LogP contribution in [0, 0.1) is 0 Å². The van der Waals surface area contributed by atoms with Gasteiger partial charge in [-0.05, 0) is 25.1 Å². The van der Waals surface area contributed by atoms with Crippen molar-refractivity contribution in [2.24, 2.45) is 0 Å². The molecule has 0 saturated carbocycles. The van der Waals surface area contributed by atoms with Gasteiger partial charge in [0.25, 0.3) is 10.0 Å². The van der Waals surface area contributed by atoms with Crippen molar-refractivity contribution in [3.8, 4) is 0 Å². The van der Waals surface area contributed by atoms with E-state index < -0.39 is 10.0 Å². The molecule has 0 unspecified atom stereocenters. The summed E-state index contributed by atoms with van der Waals surface area (Å²) in [7, 11) is -3.67. The summed E-state index contributed by atoms with van der Waals surface area (Å²) in [6.45, 7) is 2.52. The minimum atomic E-state index is -3.67. The van der Waals surface area contributed by atoms with Crippen LogP contribution in [0.4, 0.5) is 11.4 Å². The fourth-order valence-electron chi connectivity index (χ4n) is 1.56. The summed E-state index contributed by atoms with van der Waals surface area (Å²) in [5, 5.41) is 3.00. The SMILES string of the molecule is CCNc1ccncc1S(=O)(=O)Nc1ccncc1. The van der Waals surface area contributed by atoms with Crippen molar-refractivity contribution in [3.05, 3.63) is 43.0 Å². The summed E-state index contributed by atoms with van der Waals surface area (Å²) < 4.78 is 27.1. The normalized spacial score (nSPS) is 11.0. The third-order valence-corrected chi connectivity index (χ3v) is 3.78. The smallest absolute Gasteiger partial charge is 0.265 e. The molecular weight excluding hydrogens is 264 g/mol. The Morgan fingerprint density at radius 2 is 1.79 bits per heavy atom. The van der Waals surface area contributed by atoms with Gasteiger partial charge in [-0.2, -0.15) is 0 Å². The summed E-state index contributed by atoms with van der Waals surface area (Å²) in [4.78, 5) is 7.82. The number of nitrogens with one attached hydrogen (secondary N) is 2. The van der Waals surface area contributed by atoms with Crippen LogP contribution in [0.3, 0.4) is 0 Å². The lowest BCUT2D eigenvalue weighted by atomic mass is 10.4. The molecule has 19 heavy (non-hydrogen) atoms. The van der Waals surface area contributed by atoms with E-state index in [2.05, 4.69) is 20.0 Å². The van der Waals surface area contributed by atoms with E-state index in [1.807, 2.05) is 6.92 Å². The van der Waals surface area contributed by atoms with Crippen LogP contribution in [0.15, 0.2) is 47.9 Å². The first-order chi connectivity index (χ1) is 9.13. The van der Waals surface area contributed by atoms with Crippen LogP contribution in [-0.2, 0) is 10.0 Å². The van der Waals surface area contributed by atoms with Crippen LogP contribution in [-0.4, -0.2) is 24.9 Å². The highest BCUT2D eigenvalue weighted by Gasteiger charge is 2.18. The molecule has 100 valence electrons. The Bertz CT molecular complexity index is 644. The molecule has 2 rings (SSSR count). The number of pyridine rings is 2. The molecule has 2 aromatic heterocycles. The first-order valence-corrected chi connectivity index (χ1v) is 7.22. The molecule has 2 aromatic rings. The number of hydrogen-bond acceptors (Lipinski definition) is 5. The maximum Gasteiger partial charge on any atom is 0.265 e. The van der Waals surface area contributed by atoms with E-state index in [1.165, 1.54) is 18.6 Å². The van der Waals surface area contributed by atoms with Gasteiger partial charge in [0.15, 0.2) is 0 Å². The van der Waals surface area contributed by atoms with Gasteiger partial charge in [0, 0.05) is 31.3 Å². The van der Waals surface area contributed by atoms with Gasteiger partial charge >= 0.3 is 0 Å². The largest absolute Gasteiger partial charge is 0.384 e. The van der Waals surface area contributed by atoms with Crippen LogP contribution in [0.2, 0.25) is 0 Å². The number of aromatic nitrogens is 2. The third kappa shape index (κ3) is 3.19. The second kappa shape index (κ2) is 5.66. The summed E-state index contributed by atoms with van der Waals surface area (Å²) >= 11 is 0. The Hall–Kier alpha value is -2.15. The van der Waals surface area contributed by atoms with Crippen molar-refractivity contribution in [2.45, 2.75) is 11.8 Å². The molecule has 2 heterocycles. The summed E-state index contributed by atoms with van der Waals surface area (Å²) in [6.07, 6.45) is 5.91. The molecule has 0 aliphatic rings. The Balaban J connectivity index is 2.35. The second-order valence-corrected chi connectivity index (χ2v) is 5.39. The van der Waals surface area contributed by atoms with Gasteiger partial charge in [0.2, 0.25) is 0 Å². The molecule has 0 amide bonds. The Labute approximate surface area is 112 Å². The fourth-order valence-corrected chi connectivity index (χ4v) is 2.75. The van der Waals surface area contributed by atoms with Crippen molar-refractivity contribution in [2.75, 3.05) is 16.6 Å². The molecule has 0 spiro atoms. The maximum absolute atomic E-state index is 12.3. The first kappa shape index (κ1) is 13.3. The molecule has 0 aliphatic carbocycles. The zero-order chi connectivity index (χ0) is 13.7. The number of sulfonamides is 1. The van der Waals surface area contributed by atoms with E-state index >= 15 is 0 Å². The molecule has 0 saturated heterocycles. The van der Waals surface area contributed by atoms with E-state index in [4.69, 9.17) is 0 Å². The molecular formula is C12H14N4O2S. The van der Waals surface area contributed by atoms with Gasteiger partial charge in [0.05, 0.1) is 11.4 Å². The fraction of sp³-hybridized carbons (Fsp3) is 0.167. The Morgan fingerprint density at radius 3 is 2.47 bits per heavy atom. The predicted molar refractivity (Wildman–Crippen MR) is 73.4 cm³/mol. The van der Waals surface area contributed by atoms with Crippen molar-refractivity contribution in [3.63, 3.8) is 0 Å². The molecule has 0 aliphatic heterocycles. The van der Waals surface area contributed by atoms with E-state index in [0.717, 1.165) is 0 Å². The van der Waals surface area contributed by atoms with Crippen molar-refractivity contribution >= 4 is 21.4 Å². The third-order valence-electron chi connectivity index (χ3n) is 2.37. The average molecular weight is 278 g/mol. The van der Waals surface area contributed by atoms with E-state index in [9.17, 15) is 8.42 Å². The minimum Gasteiger partial charge on any atom is -0.384 e. The highest BCUT2D eigenvalue weighted by molar-refractivity contribution is 7.92. The minimum absolute atomic E-state index is 0.119. The van der Waals surface area contributed by atoms with E-state index in [-0.39, 0.29) is 4.90 Å². The van der Waals surface area contributed by atoms with Gasteiger partial charge in [-0.25, -0.2) is 8.42 Å². The molecule has 0 atom stereocenters. The Morgan fingerprint density at radius 1 is 1.11 bits per heavy atom. The first-order valence-electron chi connectivity index (χ1n) is 5.74. The predicted octanol–water partition coefficient (Wildman–Crippen LogP) is 1.71. The summed E-state index contributed by atoms with van der Waals surface area (Å²) in [5.74, 6) is 0. The highest BCUT2D eigenvalue weighted by Crippen LogP contribution is 2.22. The molecule has 2 N–H and O–H groups in total. The van der Waals surface area contributed by atoms with Crippen LogP contribution >= 0.6 is 0 Å². The van der Waals surface area contributed by atoms with E-state index in [1.54, 1.807) is 24.4 Å². The molecule has 0 fully saturated rings. The van der Waals surface area contributed by atoms with Gasteiger partial charge in [-0.15, -0.1) is 0 Å². The molecule has 0 aromatic carbocycles. The van der Waals surface area contributed by atoms with Gasteiger partial charge in [0.1, 0.15) is 4.90 Å². The van der Waals surface area contributed by atoms with Gasteiger partial charge in [-0.3, -0.25) is 14.7 Å². The molecule has 6 nitrogen and oxygen atoms in total. The zero-order valence-electron chi connectivity index (χ0n) is 10.4. The lowest BCUT2D eigenvalue weighted by Gasteiger charge is -2.12. The van der Waals surface area contributed by atoms with Crippen LogP contribution in [0.1, 0.15) is 6.92 Å². The number of hydrogen-bond donors (Lipinski definition) is 2.